The van der Waals surface area contributed by atoms with E-state index in [1.807, 2.05) is 0 Å². The van der Waals surface area contributed by atoms with Gasteiger partial charge in [0.2, 0.25) is 0 Å². The van der Waals surface area contributed by atoms with Crippen molar-refractivity contribution in [3.8, 4) is 0 Å². The first-order valence-corrected chi connectivity index (χ1v) is 6.24. The van der Waals surface area contributed by atoms with Crippen LogP contribution in [0.15, 0.2) is 0 Å². The molecule has 1 fully saturated rings. The minimum atomic E-state index is -3.29. The highest BCUT2D eigenvalue weighted by Gasteiger charge is 2.23. The van der Waals surface area contributed by atoms with E-state index in [2.05, 4.69) is 0 Å². The van der Waals surface area contributed by atoms with Gasteiger partial charge in [-0.05, 0) is 25.7 Å². The largest absolute Gasteiger partial charge is 0.381 e. The molecule has 0 N–H and O–H groups in total. The normalized spacial score (nSPS) is 30.3. The van der Waals surface area contributed by atoms with Crippen molar-refractivity contribution in [3.05, 3.63) is 0 Å². The van der Waals surface area contributed by atoms with Crippen LogP contribution in [0.5, 0.6) is 0 Å². The Hall–Kier alpha value is -0.130. The van der Waals surface area contributed by atoms with Gasteiger partial charge in [-0.1, -0.05) is 0 Å². The van der Waals surface area contributed by atoms with Crippen LogP contribution in [0.2, 0.25) is 0 Å². The van der Waals surface area contributed by atoms with Gasteiger partial charge in [0.05, 0.1) is 18.5 Å². The molecule has 0 saturated heterocycles. The van der Waals surface area contributed by atoms with Gasteiger partial charge in [0.1, 0.15) is 0 Å². The van der Waals surface area contributed by atoms with E-state index in [9.17, 15) is 8.42 Å². The van der Waals surface area contributed by atoms with Crippen molar-refractivity contribution < 1.29 is 17.3 Å². The number of hydrogen-bond donors (Lipinski definition) is 0. The van der Waals surface area contributed by atoms with Crippen LogP contribution in [0.1, 0.15) is 25.7 Å². The van der Waals surface area contributed by atoms with Gasteiger partial charge in [-0.15, -0.1) is 0 Å². The zero-order valence-electron chi connectivity index (χ0n) is 8.02. The molecule has 13 heavy (non-hydrogen) atoms. The lowest BCUT2D eigenvalue weighted by atomic mass is 9.95. The van der Waals surface area contributed by atoms with Crippen LogP contribution in [-0.4, -0.2) is 34.0 Å². The van der Waals surface area contributed by atoms with Gasteiger partial charge in [0.15, 0.2) is 0 Å². The predicted molar refractivity (Wildman–Crippen MR) is 49.0 cm³/mol. The molecule has 1 rings (SSSR count). The van der Waals surface area contributed by atoms with Gasteiger partial charge < -0.3 is 4.74 Å². The van der Waals surface area contributed by atoms with Crippen LogP contribution in [-0.2, 0) is 19.0 Å². The Morgan fingerprint density at radius 1 is 1.08 bits per heavy atom. The zero-order valence-corrected chi connectivity index (χ0v) is 8.84. The summed E-state index contributed by atoms with van der Waals surface area (Å²) in [7, 11) is -1.61. The Balaban J connectivity index is 2.33. The van der Waals surface area contributed by atoms with Gasteiger partial charge in [-0.2, -0.15) is 8.42 Å². The maximum atomic E-state index is 10.8. The lowest BCUT2D eigenvalue weighted by molar-refractivity contribution is 0.0349. The lowest BCUT2D eigenvalue weighted by Crippen LogP contribution is -2.27. The van der Waals surface area contributed by atoms with E-state index in [0.29, 0.717) is 0 Å². The van der Waals surface area contributed by atoms with E-state index in [4.69, 9.17) is 8.92 Å². The highest BCUT2D eigenvalue weighted by molar-refractivity contribution is 7.86. The first-order chi connectivity index (χ1) is 6.01. The van der Waals surface area contributed by atoms with Gasteiger partial charge in [0.25, 0.3) is 10.1 Å². The fourth-order valence-electron chi connectivity index (χ4n) is 1.61. The molecule has 0 heterocycles. The highest BCUT2D eigenvalue weighted by atomic mass is 32.2. The Labute approximate surface area is 79.3 Å². The van der Waals surface area contributed by atoms with E-state index in [1.165, 1.54) is 0 Å². The predicted octanol–water partition coefficient (Wildman–Crippen LogP) is 0.920. The summed E-state index contributed by atoms with van der Waals surface area (Å²) in [6.45, 7) is 0. The first-order valence-electron chi connectivity index (χ1n) is 4.42. The molecule has 78 valence electrons. The summed E-state index contributed by atoms with van der Waals surface area (Å²) in [6, 6.07) is 0. The third-order valence-corrected chi connectivity index (χ3v) is 2.89. The molecule has 0 radical (unpaired) electrons. The summed E-state index contributed by atoms with van der Waals surface area (Å²) in [5.74, 6) is 0. The summed E-state index contributed by atoms with van der Waals surface area (Å²) < 4.78 is 31.6. The van der Waals surface area contributed by atoms with Crippen LogP contribution in [0, 0.1) is 0 Å². The summed E-state index contributed by atoms with van der Waals surface area (Å²) >= 11 is 0. The van der Waals surface area contributed by atoms with E-state index in [-0.39, 0.29) is 12.2 Å². The van der Waals surface area contributed by atoms with Gasteiger partial charge in [-0.25, -0.2) is 0 Å². The second-order valence-corrected chi connectivity index (χ2v) is 5.04. The molecule has 1 aliphatic rings. The molecule has 0 atom stereocenters. The van der Waals surface area contributed by atoms with Gasteiger partial charge in [-0.3, -0.25) is 4.18 Å². The smallest absolute Gasteiger partial charge is 0.264 e. The van der Waals surface area contributed by atoms with E-state index in [0.717, 1.165) is 31.9 Å². The molecule has 0 aliphatic heterocycles. The van der Waals surface area contributed by atoms with Crippen LogP contribution in [0.3, 0.4) is 0 Å². The molecule has 0 amide bonds. The number of ether oxygens (including phenoxy) is 1. The molecule has 0 bridgehead atoms. The summed E-state index contributed by atoms with van der Waals surface area (Å²) in [5.41, 5.74) is 0. The summed E-state index contributed by atoms with van der Waals surface area (Å²) in [6.07, 6.45) is 4.54. The van der Waals surface area contributed by atoms with E-state index < -0.39 is 10.1 Å². The maximum absolute atomic E-state index is 10.8. The average Bonchev–Trinajstić information content (AvgIpc) is 2.03. The number of rotatable bonds is 3. The van der Waals surface area contributed by atoms with Crippen LogP contribution in [0.25, 0.3) is 0 Å². The van der Waals surface area contributed by atoms with Crippen molar-refractivity contribution in [3.63, 3.8) is 0 Å². The van der Waals surface area contributed by atoms with Crippen molar-refractivity contribution in [1.29, 1.82) is 0 Å². The highest BCUT2D eigenvalue weighted by Crippen LogP contribution is 2.23. The first kappa shape index (κ1) is 10.9. The molecule has 0 spiro atoms. The minimum Gasteiger partial charge on any atom is -0.381 e. The molecular weight excluding hydrogens is 192 g/mol. The second kappa shape index (κ2) is 4.39. The SMILES string of the molecule is COC1CCC(OS(C)(=O)=O)CC1. The maximum Gasteiger partial charge on any atom is 0.264 e. The third kappa shape index (κ3) is 4.06. The van der Waals surface area contributed by atoms with Crippen LogP contribution < -0.4 is 0 Å². The Kier molecular flexibility index (Phi) is 3.70. The molecule has 1 saturated carbocycles. The topological polar surface area (TPSA) is 52.6 Å². The van der Waals surface area contributed by atoms with Crippen molar-refractivity contribution in [1.82, 2.24) is 0 Å². The average molecular weight is 208 g/mol. The monoisotopic (exact) mass is 208 g/mol. The van der Waals surface area contributed by atoms with Crippen molar-refractivity contribution >= 4 is 10.1 Å². The fourth-order valence-corrected chi connectivity index (χ4v) is 2.30. The molecule has 5 heteroatoms. The van der Waals surface area contributed by atoms with Crippen LogP contribution >= 0.6 is 0 Å². The van der Waals surface area contributed by atoms with E-state index >= 15 is 0 Å². The molecular formula is C8H16O4S. The number of methoxy groups -OCH3 is 1. The lowest BCUT2D eigenvalue weighted by Gasteiger charge is -2.26. The van der Waals surface area contributed by atoms with Crippen molar-refractivity contribution in [2.24, 2.45) is 0 Å². The Morgan fingerprint density at radius 2 is 1.54 bits per heavy atom. The molecule has 1 aliphatic carbocycles. The third-order valence-electron chi connectivity index (χ3n) is 2.27. The second-order valence-electron chi connectivity index (χ2n) is 3.43. The Bertz CT molecular complexity index is 239. The number of hydrogen-bond acceptors (Lipinski definition) is 4. The molecule has 0 unspecified atom stereocenters. The van der Waals surface area contributed by atoms with Gasteiger partial charge >= 0.3 is 0 Å². The fraction of sp³-hybridized carbons (Fsp3) is 1.00. The van der Waals surface area contributed by atoms with Crippen molar-refractivity contribution in [2.45, 2.75) is 37.9 Å². The zero-order chi connectivity index (χ0) is 9.90. The standard InChI is InChI=1S/C8H16O4S/c1-11-7-3-5-8(6-4-7)12-13(2,9)10/h7-8H,3-6H2,1-2H3. The molecule has 0 aromatic heterocycles. The quantitative estimate of drug-likeness (QED) is 0.647. The van der Waals surface area contributed by atoms with Crippen molar-refractivity contribution in [2.75, 3.05) is 13.4 Å². The van der Waals surface area contributed by atoms with Gasteiger partial charge in [0, 0.05) is 7.11 Å². The van der Waals surface area contributed by atoms with E-state index in [1.54, 1.807) is 7.11 Å². The summed E-state index contributed by atoms with van der Waals surface area (Å²) in [5, 5.41) is 0. The minimum absolute atomic E-state index is 0.138. The molecule has 0 aromatic rings. The summed E-state index contributed by atoms with van der Waals surface area (Å²) in [4.78, 5) is 0. The Morgan fingerprint density at radius 3 is 1.92 bits per heavy atom. The van der Waals surface area contributed by atoms with Crippen LogP contribution in [0.4, 0.5) is 0 Å². The molecule has 4 nitrogen and oxygen atoms in total. The molecule has 0 aromatic carbocycles.